The molecular weight excluding hydrogens is 523 g/mol. The zero-order chi connectivity index (χ0) is 27.5. The van der Waals surface area contributed by atoms with E-state index in [0.29, 0.717) is 6.42 Å². The monoisotopic (exact) mass is 551 g/mol. The molecule has 2 aliphatic heterocycles. The molecule has 1 aromatic carbocycles. The van der Waals surface area contributed by atoms with Crippen LogP contribution in [0.2, 0.25) is 0 Å². The molecule has 38 heavy (non-hydrogen) atoms. The van der Waals surface area contributed by atoms with Gasteiger partial charge >= 0.3 is 12.1 Å². The number of hydrogen-bond acceptors (Lipinski definition) is 7. The maximum absolute atomic E-state index is 12.8. The van der Waals surface area contributed by atoms with Gasteiger partial charge in [0.25, 0.3) is 0 Å². The Bertz CT molecular complexity index is 1250. The molecule has 2 aromatic heterocycles. The van der Waals surface area contributed by atoms with Crippen LogP contribution in [0.1, 0.15) is 23.5 Å². The highest BCUT2D eigenvalue weighted by Crippen LogP contribution is 2.39. The van der Waals surface area contributed by atoms with Gasteiger partial charge < -0.3 is 19.3 Å². The predicted octanol–water partition coefficient (Wildman–Crippen LogP) is 3.65. The normalized spacial score (nSPS) is 16.9. The first kappa shape index (κ1) is 27.6. The molecule has 1 N–H and O–H groups in total. The second-order valence-electron chi connectivity index (χ2n) is 9.34. The lowest BCUT2D eigenvalue weighted by atomic mass is 9.84. The van der Waals surface area contributed by atoms with Crippen molar-refractivity contribution in [2.24, 2.45) is 0 Å². The van der Waals surface area contributed by atoms with Crippen LogP contribution in [-0.2, 0) is 28.1 Å². The third kappa shape index (κ3) is 5.99. The Labute approximate surface area is 221 Å². The molecule has 9 nitrogen and oxygen atoms in total. The number of amides is 1. The third-order valence-electron chi connectivity index (χ3n) is 6.72. The summed E-state index contributed by atoms with van der Waals surface area (Å²) in [7, 11) is 3.81. The maximum Gasteiger partial charge on any atom is 0.490 e. The summed E-state index contributed by atoms with van der Waals surface area (Å²) in [6, 6.07) is 12.1. The highest BCUT2D eigenvalue weighted by atomic mass is 32.1. The molecule has 204 valence electrons. The predicted molar refractivity (Wildman–Crippen MR) is 134 cm³/mol. The molecule has 1 fully saturated rings. The van der Waals surface area contributed by atoms with Gasteiger partial charge in [-0.05, 0) is 55.6 Å². The second-order valence-corrected chi connectivity index (χ2v) is 10.4. The quantitative estimate of drug-likeness (QED) is 0.528. The van der Waals surface area contributed by atoms with Gasteiger partial charge in [0.1, 0.15) is 11.6 Å². The molecule has 3 aromatic rings. The number of halogens is 3. The summed E-state index contributed by atoms with van der Waals surface area (Å²) in [4.78, 5) is 27.2. The molecule has 1 saturated heterocycles. The number of hydrogen-bond donors (Lipinski definition) is 1. The highest BCUT2D eigenvalue weighted by Gasteiger charge is 2.44. The number of ether oxygens (including phenoxy) is 1. The smallest absolute Gasteiger partial charge is 0.490 e. The van der Waals surface area contributed by atoms with Gasteiger partial charge in [-0.15, -0.1) is 21.5 Å². The van der Waals surface area contributed by atoms with Gasteiger partial charge in [-0.2, -0.15) is 13.2 Å². The molecule has 0 unspecified atom stereocenters. The van der Waals surface area contributed by atoms with Crippen molar-refractivity contribution in [3.8, 4) is 17.1 Å². The lowest BCUT2D eigenvalue weighted by molar-refractivity contribution is -0.192. The number of piperidine rings is 1. The summed E-state index contributed by atoms with van der Waals surface area (Å²) in [6.07, 6.45) is -2.77. The third-order valence-corrected chi connectivity index (χ3v) is 7.60. The van der Waals surface area contributed by atoms with Gasteiger partial charge in [-0.3, -0.25) is 9.69 Å². The number of benzene rings is 1. The Kier molecular flexibility index (Phi) is 8.07. The fourth-order valence-electron chi connectivity index (χ4n) is 4.94. The van der Waals surface area contributed by atoms with Crippen LogP contribution >= 0.6 is 11.3 Å². The van der Waals surface area contributed by atoms with E-state index >= 15 is 0 Å². The van der Waals surface area contributed by atoms with Gasteiger partial charge in [0.2, 0.25) is 5.91 Å². The number of rotatable bonds is 4. The molecule has 0 aliphatic carbocycles. The summed E-state index contributed by atoms with van der Waals surface area (Å²) in [5.74, 6) is 0.199. The number of thiophene rings is 1. The number of aromatic nitrogens is 3. The molecule has 5 rings (SSSR count). The van der Waals surface area contributed by atoms with Crippen molar-refractivity contribution in [2.75, 3.05) is 33.8 Å². The molecule has 0 radical (unpaired) electrons. The summed E-state index contributed by atoms with van der Waals surface area (Å²) in [5.41, 5.74) is 0.945. The van der Waals surface area contributed by atoms with Crippen LogP contribution in [0.15, 0.2) is 41.8 Å². The lowest BCUT2D eigenvalue weighted by Gasteiger charge is -2.48. The minimum Gasteiger partial charge on any atom is -0.497 e. The number of nitrogens with zero attached hydrogens (tertiary/aromatic N) is 5. The zero-order valence-electron chi connectivity index (χ0n) is 20.9. The van der Waals surface area contributed by atoms with Crippen molar-refractivity contribution in [1.82, 2.24) is 24.6 Å². The van der Waals surface area contributed by atoms with Crippen molar-refractivity contribution in [2.45, 2.75) is 37.5 Å². The van der Waals surface area contributed by atoms with Gasteiger partial charge in [-0.25, -0.2) is 4.79 Å². The number of methoxy groups -OCH3 is 1. The Hall–Kier alpha value is -3.45. The van der Waals surface area contributed by atoms with E-state index in [4.69, 9.17) is 14.6 Å². The average molecular weight is 552 g/mol. The Morgan fingerprint density at radius 3 is 2.34 bits per heavy atom. The number of aliphatic carboxylic acids is 1. The van der Waals surface area contributed by atoms with Crippen LogP contribution in [0.5, 0.6) is 5.75 Å². The van der Waals surface area contributed by atoms with Crippen LogP contribution in [0.25, 0.3) is 11.4 Å². The van der Waals surface area contributed by atoms with E-state index in [9.17, 15) is 18.0 Å². The van der Waals surface area contributed by atoms with E-state index in [1.54, 1.807) is 18.4 Å². The van der Waals surface area contributed by atoms with Gasteiger partial charge in [0, 0.05) is 30.1 Å². The van der Waals surface area contributed by atoms with Crippen molar-refractivity contribution in [3.05, 3.63) is 52.5 Å². The van der Waals surface area contributed by atoms with Crippen molar-refractivity contribution >= 4 is 23.2 Å². The van der Waals surface area contributed by atoms with E-state index in [1.165, 1.54) is 0 Å². The van der Waals surface area contributed by atoms with E-state index in [0.717, 1.165) is 66.9 Å². The van der Waals surface area contributed by atoms with Crippen LogP contribution < -0.4 is 4.74 Å². The number of carbonyl (C=O) groups excluding carboxylic acids is 1. The molecule has 0 bridgehead atoms. The van der Waals surface area contributed by atoms with E-state index in [-0.39, 0.29) is 11.4 Å². The number of alkyl halides is 3. The van der Waals surface area contributed by atoms with Crippen LogP contribution in [0.4, 0.5) is 13.2 Å². The molecule has 1 spiro atoms. The molecular formula is C25H28F3N5O4S. The van der Waals surface area contributed by atoms with E-state index < -0.39 is 12.1 Å². The summed E-state index contributed by atoms with van der Waals surface area (Å²) in [5, 5.41) is 18.3. The second kappa shape index (κ2) is 11.1. The number of carboxylic acid groups (broad SMARTS) is 1. The van der Waals surface area contributed by atoms with E-state index in [2.05, 4.69) is 26.7 Å². The first-order valence-corrected chi connectivity index (χ1v) is 12.8. The molecule has 0 atom stereocenters. The number of likely N-dealkylation sites (tertiary alicyclic amines) is 1. The molecule has 1 amide bonds. The molecule has 0 saturated carbocycles. The Balaban J connectivity index is 0.000000426. The minimum atomic E-state index is -5.08. The van der Waals surface area contributed by atoms with Gasteiger partial charge in [-0.1, -0.05) is 6.07 Å². The summed E-state index contributed by atoms with van der Waals surface area (Å²) >= 11 is 1.65. The molecule has 13 heteroatoms. The zero-order valence-corrected chi connectivity index (χ0v) is 21.8. The molecule has 2 aliphatic rings. The Morgan fingerprint density at radius 2 is 1.79 bits per heavy atom. The SMILES string of the molecule is COc1ccc(-c2nnc3n2C2(CCN(C(=O)Cc4cccs4)CC2)CN(C)C3)cc1.O=C(O)C(F)(F)F. The van der Waals surface area contributed by atoms with Crippen LogP contribution in [-0.4, -0.2) is 81.5 Å². The lowest BCUT2D eigenvalue weighted by Crippen LogP contribution is -2.56. The fraction of sp³-hybridized carbons (Fsp3) is 0.440. The average Bonchev–Trinajstić information content (AvgIpc) is 3.54. The standard InChI is InChI=1S/C23H27N5O2S.C2HF3O2/c1-26-15-20-24-25-22(17-5-7-18(30-2)8-6-17)28(20)23(16-26)9-11-27(12-10-23)21(29)14-19-4-3-13-31-19;3-2(4,5)1(6)7/h3-8,13H,9-12,14-16H2,1-2H3;(H,6,7). The maximum atomic E-state index is 12.8. The first-order valence-electron chi connectivity index (χ1n) is 11.9. The van der Waals surface area contributed by atoms with Crippen molar-refractivity contribution in [1.29, 1.82) is 0 Å². The van der Waals surface area contributed by atoms with Gasteiger partial charge in [0.05, 0.1) is 25.6 Å². The summed E-state index contributed by atoms with van der Waals surface area (Å²) in [6.45, 7) is 3.25. The van der Waals surface area contributed by atoms with Gasteiger partial charge in [0.15, 0.2) is 5.82 Å². The first-order chi connectivity index (χ1) is 18.0. The number of carboxylic acids is 1. The fourth-order valence-corrected chi connectivity index (χ4v) is 5.64. The largest absolute Gasteiger partial charge is 0.497 e. The summed E-state index contributed by atoms with van der Waals surface area (Å²) < 4.78 is 39.4. The van der Waals surface area contributed by atoms with Crippen LogP contribution in [0, 0.1) is 0 Å². The Morgan fingerprint density at radius 1 is 1.13 bits per heavy atom. The van der Waals surface area contributed by atoms with Crippen LogP contribution in [0.3, 0.4) is 0 Å². The number of fused-ring (bicyclic) bond motifs is 2. The van der Waals surface area contributed by atoms with Crippen molar-refractivity contribution < 1.29 is 32.6 Å². The van der Waals surface area contributed by atoms with Crippen molar-refractivity contribution in [3.63, 3.8) is 0 Å². The number of carbonyl (C=O) groups is 2. The highest BCUT2D eigenvalue weighted by molar-refractivity contribution is 7.10. The number of likely N-dealkylation sites (N-methyl/N-ethyl adjacent to an activating group) is 1. The topological polar surface area (TPSA) is 101 Å². The minimum absolute atomic E-state index is 0.0964. The van der Waals surface area contributed by atoms with E-state index in [1.807, 2.05) is 46.7 Å². The molecule has 4 heterocycles.